The van der Waals surface area contributed by atoms with Crippen molar-refractivity contribution in [2.24, 2.45) is 5.41 Å². The zero-order valence-corrected chi connectivity index (χ0v) is 18.7. The largest absolute Gasteiger partial charge is 0.481 e. The molecule has 0 bridgehead atoms. The van der Waals surface area contributed by atoms with Crippen LogP contribution in [-0.2, 0) is 22.6 Å². The summed E-state index contributed by atoms with van der Waals surface area (Å²) in [5.41, 5.74) is 0.804. The SMILES string of the molecule is CCCCCC1([C@H](O)/C=C/[C@H]2CCC(=O)N2Cc2nc(CCC(=O)O)cs2)CCC1. The minimum absolute atomic E-state index is 0.00807. The van der Waals surface area contributed by atoms with Crippen molar-refractivity contribution in [3.05, 3.63) is 28.2 Å². The molecular weight excluding hydrogens is 400 g/mol. The van der Waals surface area contributed by atoms with Gasteiger partial charge in [-0.25, -0.2) is 4.98 Å². The van der Waals surface area contributed by atoms with Crippen LogP contribution in [0.4, 0.5) is 0 Å². The Labute approximate surface area is 183 Å². The number of unbranched alkanes of at least 4 members (excludes halogenated alkanes) is 2. The highest BCUT2D eigenvalue weighted by atomic mass is 32.1. The molecule has 2 fully saturated rings. The molecule has 1 aliphatic carbocycles. The van der Waals surface area contributed by atoms with Gasteiger partial charge in [-0.15, -0.1) is 11.3 Å². The van der Waals surface area contributed by atoms with Crippen LogP contribution in [-0.4, -0.2) is 44.1 Å². The molecule has 0 spiro atoms. The van der Waals surface area contributed by atoms with E-state index in [1.807, 2.05) is 22.4 Å². The highest BCUT2D eigenvalue weighted by Gasteiger charge is 2.41. The second-order valence-corrected chi connectivity index (χ2v) is 9.70. The summed E-state index contributed by atoms with van der Waals surface area (Å²) in [5.74, 6) is -0.718. The summed E-state index contributed by atoms with van der Waals surface area (Å²) < 4.78 is 0. The monoisotopic (exact) mass is 434 g/mol. The fourth-order valence-electron chi connectivity index (χ4n) is 4.57. The van der Waals surface area contributed by atoms with Crippen molar-refractivity contribution in [2.75, 3.05) is 0 Å². The van der Waals surface area contributed by atoms with E-state index in [-0.39, 0.29) is 23.8 Å². The topological polar surface area (TPSA) is 90.7 Å². The molecule has 1 aromatic heterocycles. The van der Waals surface area contributed by atoms with E-state index < -0.39 is 12.1 Å². The Hall–Kier alpha value is -1.73. The summed E-state index contributed by atoms with van der Waals surface area (Å²) in [6.45, 7) is 2.65. The van der Waals surface area contributed by atoms with Gasteiger partial charge in [0.1, 0.15) is 5.01 Å². The fraction of sp³-hybridized carbons (Fsp3) is 0.696. The molecule has 7 heteroatoms. The van der Waals surface area contributed by atoms with Gasteiger partial charge in [-0.3, -0.25) is 9.59 Å². The number of rotatable bonds is 12. The molecule has 30 heavy (non-hydrogen) atoms. The summed E-state index contributed by atoms with van der Waals surface area (Å²) in [4.78, 5) is 29.5. The first-order chi connectivity index (χ1) is 14.4. The number of aromatic nitrogens is 1. The Morgan fingerprint density at radius 1 is 1.43 bits per heavy atom. The molecule has 6 nitrogen and oxygen atoms in total. The number of carboxylic acid groups (broad SMARTS) is 1. The number of amides is 1. The van der Waals surface area contributed by atoms with Crippen LogP contribution in [0.1, 0.15) is 81.8 Å². The van der Waals surface area contributed by atoms with Gasteiger partial charge < -0.3 is 15.1 Å². The number of aryl methyl sites for hydroxylation is 1. The van der Waals surface area contributed by atoms with Gasteiger partial charge in [0.25, 0.3) is 0 Å². The molecule has 2 aliphatic rings. The first kappa shape index (κ1) is 22.9. The molecule has 3 rings (SSSR count). The van der Waals surface area contributed by atoms with Gasteiger partial charge in [0.05, 0.1) is 30.8 Å². The maximum atomic E-state index is 12.4. The minimum atomic E-state index is -0.832. The number of nitrogens with zero attached hydrogens (tertiary/aromatic N) is 2. The van der Waals surface area contributed by atoms with Crippen LogP contribution < -0.4 is 0 Å². The molecular formula is C23H34N2O4S. The first-order valence-electron chi connectivity index (χ1n) is 11.2. The van der Waals surface area contributed by atoms with Crippen LogP contribution in [0.2, 0.25) is 0 Å². The molecule has 1 saturated carbocycles. The maximum absolute atomic E-state index is 12.4. The zero-order chi connectivity index (χ0) is 21.6. The van der Waals surface area contributed by atoms with Gasteiger partial charge in [-0.1, -0.05) is 44.8 Å². The Balaban J connectivity index is 1.58. The maximum Gasteiger partial charge on any atom is 0.303 e. The van der Waals surface area contributed by atoms with E-state index in [1.165, 1.54) is 37.0 Å². The highest BCUT2D eigenvalue weighted by molar-refractivity contribution is 7.09. The van der Waals surface area contributed by atoms with Crippen molar-refractivity contribution in [1.29, 1.82) is 0 Å². The molecule has 166 valence electrons. The zero-order valence-electron chi connectivity index (χ0n) is 17.9. The molecule has 1 aromatic rings. The summed E-state index contributed by atoms with van der Waals surface area (Å²) >= 11 is 1.47. The van der Waals surface area contributed by atoms with Crippen molar-refractivity contribution in [3.63, 3.8) is 0 Å². The van der Waals surface area contributed by atoms with E-state index in [2.05, 4.69) is 11.9 Å². The third-order valence-corrected chi connectivity index (χ3v) is 7.53. The van der Waals surface area contributed by atoms with Crippen molar-refractivity contribution in [1.82, 2.24) is 9.88 Å². The van der Waals surface area contributed by atoms with E-state index in [4.69, 9.17) is 5.11 Å². The number of thiazole rings is 1. The number of hydrogen-bond acceptors (Lipinski definition) is 5. The standard InChI is InChI=1S/C23H34N2O4S/c1-2-3-4-12-23(13-5-14-23)19(26)9-7-18-8-10-21(27)25(18)15-20-24-17(16-30-20)6-11-22(28)29/h7,9,16,18-19,26H,2-6,8,10-15H2,1H3,(H,28,29)/b9-7+/t18-,19+/m0/s1. The number of carbonyl (C=O) groups excluding carboxylic acids is 1. The number of hydrogen-bond donors (Lipinski definition) is 2. The molecule has 0 radical (unpaired) electrons. The molecule has 0 unspecified atom stereocenters. The molecule has 2 atom stereocenters. The van der Waals surface area contributed by atoms with Crippen molar-refractivity contribution >= 4 is 23.2 Å². The average Bonchev–Trinajstić information content (AvgIpc) is 3.28. The predicted molar refractivity (Wildman–Crippen MR) is 117 cm³/mol. The van der Waals surface area contributed by atoms with Crippen LogP contribution in [0, 0.1) is 5.41 Å². The lowest BCUT2D eigenvalue weighted by Crippen LogP contribution is -2.40. The molecule has 1 amide bonds. The van der Waals surface area contributed by atoms with Crippen LogP contribution in [0.3, 0.4) is 0 Å². The molecule has 1 aliphatic heterocycles. The van der Waals surface area contributed by atoms with Crippen LogP contribution >= 0.6 is 11.3 Å². The Bertz CT molecular complexity index is 756. The number of aliphatic hydroxyl groups excluding tert-OH is 1. The lowest BCUT2D eigenvalue weighted by atomic mass is 9.62. The Kier molecular flexibility index (Phi) is 8.06. The molecule has 2 heterocycles. The Morgan fingerprint density at radius 2 is 2.23 bits per heavy atom. The van der Waals surface area contributed by atoms with Crippen molar-refractivity contribution in [2.45, 2.75) is 96.2 Å². The molecule has 2 N–H and O–H groups in total. The quantitative estimate of drug-likeness (QED) is 0.378. The third kappa shape index (κ3) is 5.70. The predicted octanol–water partition coefficient (Wildman–Crippen LogP) is 4.32. The van der Waals surface area contributed by atoms with E-state index >= 15 is 0 Å². The number of aliphatic hydroxyl groups is 1. The van der Waals surface area contributed by atoms with Gasteiger partial charge in [-0.2, -0.15) is 0 Å². The minimum Gasteiger partial charge on any atom is -0.481 e. The van der Waals surface area contributed by atoms with Crippen molar-refractivity contribution < 1.29 is 19.8 Å². The summed E-state index contributed by atoms with van der Waals surface area (Å²) in [6.07, 6.45) is 13.3. The third-order valence-electron chi connectivity index (χ3n) is 6.65. The van der Waals surface area contributed by atoms with Crippen LogP contribution in [0.15, 0.2) is 17.5 Å². The van der Waals surface area contributed by atoms with Gasteiger partial charge in [0, 0.05) is 18.2 Å². The number of aliphatic carboxylic acids is 1. The Morgan fingerprint density at radius 3 is 2.90 bits per heavy atom. The fourth-order valence-corrected chi connectivity index (χ4v) is 5.39. The highest BCUT2D eigenvalue weighted by Crippen LogP contribution is 2.48. The molecule has 0 aromatic carbocycles. The lowest BCUT2D eigenvalue weighted by Gasteiger charge is -2.45. The second-order valence-electron chi connectivity index (χ2n) is 8.76. The van der Waals surface area contributed by atoms with Gasteiger partial charge in [-0.05, 0) is 31.1 Å². The smallest absolute Gasteiger partial charge is 0.303 e. The summed E-state index contributed by atoms with van der Waals surface area (Å²) in [6, 6.07) is -0.00807. The van der Waals surface area contributed by atoms with Gasteiger partial charge >= 0.3 is 5.97 Å². The van der Waals surface area contributed by atoms with Crippen molar-refractivity contribution in [3.8, 4) is 0 Å². The van der Waals surface area contributed by atoms with E-state index in [0.29, 0.717) is 19.4 Å². The summed E-state index contributed by atoms with van der Waals surface area (Å²) in [7, 11) is 0. The van der Waals surface area contributed by atoms with Gasteiger partial charge in [0.2, 0.25) is 5.91 Å². The van der Waals surface area contributed by atoms with E-state index in [9.17, 15) is 14.7 Å². The normalized spacial score (nSPS) is 21.9. The number of carbonyl (C=O) groups is 2. The first-order valence-corrected chi connectivity index (χ1v) is 12.1. The van der Waals surface area contributed by atoms with E-state index in [0.717, 1.165) is 36.4 Å². The van der Waals surface area contributed by atoms with Crippen LogP contribution in [0.25, 0.3) is 0 Å². The van der Waals surface area contributed by atoms with Crippen LogP contribution in [0.5, 0.6) is 0 Å². The average molecular weight is 435 g/mol. The number of likely N-dealkylation sites (tertiary alicyclic amines) is 1. The summed E-state index contributed by atoms with van der Waals surface area (Å²) in [5, 5.41) is 22.4. The number of carboxylic acids is 1. The lowest BCUT2D eigenvalue weighted by molar-refractivity contribution is -0.137. The van der Waals surface area contributed by atoms with Gasteiger partial charge in [0.15, 0.2) is 0 Å². The molecule has 1 saturated heterocycles. The second kappa shape index (κ2) is 10.5. The van der Waals surface area contributed by atoms with E-state index in [1.54, 1.807) is 0 Å².